The van der Waals surface area contributed by atoms with Gasteiger partial charge in [-0.1, -0.05) is 12.8 Å². The van der Waals surface area contributed by atoms with E-state index in [-0.39, 0.29) is 4.21 Å². The second kappa shape index (κ2) is 5.53. The molecule has 1 fully saturated rings. The monoisotopic (exact) mass is 306 g/mol. The molecule has 0 bridgehead atoms. The van der Waals surface area contributed by atoms with Gasteiger partial charge in [-0.05, 0) is 12.8 Å². The molecule has 1 aromatic heterocycles. The van der Waals surface area contributed by atoms with Crippen LogP contribution in [0.15, 0.2) is 9.72 Å². The Morgan fingerprint density at radius 2 is 2.11 bits per heavy atom. The van der Waals surface area contributed by atoms with E-state index in [0.717, 1.165) is 24.2 Å². The molecule has 1 aromatic rings. The molecular weight excluding hydrogens is 292 g/mol. The number of sulfonamides is 1. The molecule has 9 heteroatoms. The molecule has 0 radical (unpaired) electrons. The Morgan fingerprint density at radius 3 is 2.74 bits per heavy atom. The van der Waals surface area contributed by atoms with E-state index < -0.39 is 33.8 Å². The molecule has 1 aliphatic carbocycles. The Hall–Kier alpha value is -1.03. The van der Waals surface area contributed by atoms with Crippen molar-refractivity contribution in [3.63, 3.8) is 0 Å². The summed E-state index contributed by atoms with van der Waals surface area (Å²) in [6.07, 6.45) is 2.05. The third-order valence-electron chi connectivity index (χ3n) is 3.02. The van der Waals surface area contributed by atoms with E-state index in [9.17, 15) is 18.3 Å². The Balaban J connectivity index is 2.22. The average Bonchev–Trinajstić information content (AvgIpc) is 2.82. The normalized spacial score (nSPS) is 24.3. The number of aliphatic hydroxyl groups is 1. The number of carbonyl (C=O) groups is 1. The fourth-order valence-electron chi connectivity index (χ4n) is 2.07. The molecule has 0 amide bonds. The van der Waals surface area contributed by atoms with Gasteiger partial charge >= 0.3 is 5.97 Å². The Bertz CT molecular complexity index is 568. The van der Waals surface area contributed by atoms with Gasteiger partial charge in [-0.25, -0.2) is 22.9 Å². The van der Waals surface area contributed by atoms with Crippen molar-refractivity contribution in [3.05, 3.63) is 11.2 Å². The highest BCUT2D eigenvalue weighted by Crippen LogP contribution is 2.24. The van der Waals surface area contributed by atoms with E-state index in [1.165, 1.54) is 5.51 Å². The first-order valence-corrected chi connectivity index (χ1v) is 8.15. The number of hydrogen-bond acceptors (Lipinski definition) is 6. The highest BCUT2D eigenvalue weighted by molar-refractivity contribution is 7.91. The summed E-state index contributed by atoms with van der Waals surface area (Å²) in [5.41, 5.74) is 0.692. The van der Waals surface area contributed by atoms with Crippen LogP contribution in [0.3, 0.4) is 0 Å². The van der Waals surface area contributed by atoms with Gasteiger partial charge in [0.25, 0.3) is 10.0 Å². The largest absolute Gasteiger partial charge is 0.476 e. The van der Waals surface area contributed by atoms with Crippen LogP contribution in [0.2, 0.25) is 0 Å². The van der Waals surface area contributed by atoms with Gasteiger partial charge in [0.15, 0.2) is 9.90 Å². The van der Waals surface area contributed by atoms with Crippen LogP contribution in [0.1, 0.15) is 36.2 Å². The van der Waals surface area contributed by atoms with Crippen molar-refractivity contribution in [2.75, 3.05) is 0 Å². The summed E-state index contributed by atoms with van der Waals surface area (Å²) < 4.78 is 26.3. The minimum Gasteiger partial charge on any atom is -0.476 e. The number of aliphatic hydroxyl groups excluding tert-OH is 1. The molecule has 19 heavy (non-hydrogen) atoms. The summed E-state index contributed by atoms with van der Waals surface area (Å²) in [6, 6.07) is -0.567. The fraction of sp³-hybridized carbons (Fsp3) is 0.600. The predicted molar refractivity (Wildman–Crippen MR) is 67.7 cm³/mol. The number of thiazole rings is 1. The van der Waals surface area contributed by atoms with Gasteiger partial charge in [0.1, 0.15) is 0 Å². The van der Waals surface area contributed by atoms with Crippen molar-refractivity contribution in [1.29, 1.82) is 0 Å². The van der Waals surface area contributed by atoms with Crippen LogP contribution in [0, 0.1) is 0 Å². The predicted octanol–water partition coefficient (Wildman–Crippen LogP) is 0.423. The molecule has 2 atom stereocenters. The summed E-state index contributed by atoms with van der Waals surface area (Å²) in [5.74, 6) is -1.38. The first kappa shape index (κ1) is 14.4. The third kappa shape index (κ3) is 3.11. The van der Waals surface area contributed by atoms with Gasteiger partial charge in [0.2, 0.25) is 0 Å². The first-order chi connectivity index (χ1) is 8.92. The molecule has 2 unspecified atom stereocenters. The fourth-order valence-corrected chi connectivity index (χ4v) is 4.53. The number of nitrogens with zero attached hydrogens (tertiary/aromatic N) is 1. The summed E-state index contributed by atoms with van der Waals surface area (Å²) in [5, 5.41) is 18.6. The number of aromatic nitrogens is 1. The van der Waals surface area contributed by atoms with Crippen LogP contribution >= 0.6 is 11.3 Å². The van der Waals surface area contributed by atoms with Crippen LogP contribution in [-0.4, -0.2) is 41.7 Å². The number of rotatable bonds is 4. The molecule has 0 aliphatic heterocycles. The highest BCUT2D eigenvalue weighted by Gasteiger charge is 2.31. The lowest BCUT2D eigenvalue weighted by molar-refractivity contribution is 0.0687. The van der Waals surface area contributed by atoms with Gasteiger partial charge in [0.05, 0.1) is 11.6 Å². The summed E-state index contributed by atoms with van der Waals surface area (Å²) in [6.45, 7) is 0. The first-order valence-electron chi connectivity index (χ1n) is 5.79. The van der Waals surface area contributed by atoms with Crippen LogP contribution in [0.4, 0.5) is 0 Å². The smallest absolute Gasteiger partial charge is 0.356 e. The highest BCUT2D eigenvalue weighted by atomic mass is 32.2. The van der Waals surface area contributed by atoms with E-state index in [1.807, 2.05) is 0 Å². The standard InChI is InChI=1S/C10H14N2O5S2/c13-7-4-2-1-3-6(7)12-19(16,17)10-8(9(14)15)11-5-18-10/h5-7,12-13H,1-4H2,(H,14,15). The maximum absolute atomic E-state index is 12.1. The van der Waals surface area contributed by atoms with Crippen molar-refractivity contribution in [1.82, 2.24) is 9.71 Å². The van der Waals surface area contributed by atoms with Crippen LogP contribution in [0.5, 0.6) is 0 Å². The van der Waals surface area contributed by atoms with Gasteiger partial charge in [0, 0.05) is 6.04 Å². The van der Waals surface area contributed by atoms with Crippen molar-refractivity contribution < 1.29 is 23.4 Å². The maximum Gasteiger partial charge on any atom is 0.356 e. The number of carboxylic acid groups (broad SMARTS) is 1. The number of carboxylic acids is 1. The van der Waals surface area contributed by atoms with Crippen molar-refractivity contribution in [2.45, 2.75) is 42.0 Å². The molecule has 0 aromatic carbocycles. The summed E-state index contributed by atoms with van der Waals surface area (Å²) in [4.78, 5) is 14.4. The molecule has 0 spiro atoms. The summed E-state index contributed by atoms with van der Waals surface area (Å²) in [7, 11) is -3.96. The Labute approximate surface area is 114 Å². The number of aromatic carboxylic acids is 1. The lowest BCUT2D eigenvalue weighted by atomic mass is 9.93. The molecular formula is C10H14N2O5S2. The maximum atomic E-state index is 12.1. The molecule has 3 N–H and O–H groups in total. The van der Waals surface area contributed by atoms with E-state index >= 15 is 0 Å². The Kier molecular flexibility index (Phi) is 4.19. The van der Waals surface area contributed by atoms with Crippen molar-refractivity contribution in [3.8, 4) is 0 Å². The molecule has 106 valence electrons. The Morgan fingerprint density at radius 1 is 1.42 bits per heavy atom. The van der Waals surface area contributed by atoms with E-state index in [0.29, 0.717) is 12.8 Å². The van der Waals surface area contributed by atoms with Gasteiger partial charge < -0.3 is 10.2 Å². The minimum absolute atomic E-state index is 0.322. The molecule has 0 saturated heterocycles. The average molecular weight is 306 g/mol. The molecule has 2 rings (SSSR count). The molecule has 7 nitrogen and oxygen atoms in total. The SMILES string of the molecule is O=C(O)c1ncsc1S(=O)(=O)NC1CCCCC1O. The topological polar surface area (TPSA) is 117 Å². The lowest BCUT2D eigenvalue weighted by Gasteiger charge is -2.27. The zero-order valence-corrected chi connectivity index (χ0v) is 11.6. The van der Waals surface area contributed by atoms with Crippen molar-refractivity contribution in [2.24, 2.45) is 0 Å². The quantitative estimate of drug-likeness (QED) is 0.742. The molecule has 1 heterocycles. The zero-order chi connectivity index (χ0) is 14.0. The van der Waals surface area contributed by atoms with Crippen LogP contribution in [0.25, 0.3) is 0 Å². The number of hydrogen-bond donors (Lipinski definition) is 3. The van der Waals surface area contributed by atoms with Crippen molar-refractivity contribution >= 4 is 27.3 Å². The number of nitrogens with one attached hydrogen (secondary N) is 1. The second-order valence-corrected chi connectivity index (χ2v) is 7.14. The van der Waals surface area contributed by atoms with E-state index in [4.69, 9.17) is 5.11 Å². The molecule has 1 saturated carbocycles. The van der Waals surface area contributed by atoms with Crippen LogP contribution < -0.4 is 4.72 Å². The third-order valence-corrected chi connectivity index (χ3v) is 5.88. The zero-order valence-electron chi connectivity index (χ0n) is 9.94. The molecule has 1 aliphatic rings. The minimum atomic E-state index is -3.96. The van der Waals surface area contributed by atoms with Crippen LogP contribution in [-0.2, 0) is 10.0 Å². The van der Waals surface area contributed by atoms with E-state index in [1.54, 1.807) is 0 Å². The summed E-state index contributed by atoms with van der Waals surface area (Å²) >= 11 is 0.751. The van der Waals surface area contributed by atoms with Gasteiger partial charge in [-0.15, -0.1) is 11.3 Å². The van der Waals surface area contributed by atoms with E-state index in [2.05, 4.69) is 9.71 Å². The lowest BCUT2D eigenvalue weighted by Crippen LogP contribution is -2.45. The second-order valence-electron chi connectivity index (χ2n) is 4.37. The van der Waals surface area contributed by atoms with Gasteiger partial charge in [-0.2, -0.15) is 0 Å². The van der Waals surface area contributed by atoms with Gasteiger partial charge in [-0.3, -0.25) is 0 Å².